The van der Waals surface area contributed by atoms with E-state index in [1.807, 2.05) is 0 Å². The molecule has 2 nitrogen and oxygen atoms in total. The third-order valence-corrected chi connectivity index (χ3v) is 3.30. The lowest BCUT2D eigenvalue weighted by atomic mass is 10.1. The maximum atomic E-state index is 6.02. The number of piperidine rings is 1. The van der Waals surface area contributed by atoms with E-state index in [4.69, 9.17) is 4.74 Å². The molecule has 2 heteroatoms. The molecule has 0 saturated carbocycles. The van der Waals surface area contributed by atoms with Crippen LogP contribution in [0.25, 0.3) is 0 Å². The summed E-state index contributed by atoms with van der Waals surface area (Å²) in [7, 11) is 0. The van der Waals surface area contributed by atoms with Crippen LogP contribution < -0.4 is 0 Å². The molecule has 1 saturated heterocycles. The monoisotopic (exact) mass is 213 g/mol. The van der Waals surface area contributed by atoms with Gasteiger partial charge in [-0.3, -0.25) is 4.90 Å². The largest absolute Gasteiger partial charge is 0.361 e. The molecule has 1 aliphatic rings. The molecule has 0 spiro atoms. The second-order valence-electron chi connectivity index (χ2n) is 4.78. The lowest BCUT2D eigenvalue weighted by molar-refractivity contribution is -0.0909. The smallest absolute Gasteiger partial charge is 0.108 e. The van der Waals surface area contributed by atoms with E-state index in [0.29, 0.717) is 12.3 Å². The van der Waals surface area contributed by atoms with Gasteiger partial charge in [-0.1, -0.05) is 26.2 Å². The van der Waals surface area contributed by atoms with Gasteiger partial charge in [-0.2, -0.15) is 0 Å². The van der Waals surface area contributed by atoms with Crippen molar-refractivity contribution in [3.8, 4) is 0 Å². The van der Waals surface area contributed by atoms with Crippen LogP contribution in [-0.2, 0) is 4.74 Å². The number of nitrogens with zero attached hydrogens (tertiary/aromatic N) is 1. The lowest BCUT2D eigenvalue weighted by Crippen LogP contribution is -2.40. The van der Waals surface area contributed by atoms with Gasteiger partial charge in [0.25, 0.3) is 0 Å². The summed E-state index contributed by atoms with van der Waals surface area (Å²) in [4.78, 5) is 2.48. The molecule has 1 rings (SSSR count). The van der Waals surface area contributed by atoms with Crippen LogP contribution in [0.1, 0.15) is 59.3 Å². The predicted molar refractivity (Wildman–Crippen MR) is 65.0 cm³/mol. The Labute approximate surface area is 95.0 Å². The van der Waals surface area contributed by atoms with E-state index in [9.17, 15) is 0 Å². The van der Waals surface area contributed by atoms with Crippen LogP contribution in [0.15, 0.2) is 0 Å². The standard InChI is InChI=1S/C13H27NO/c1-4-5-9-12(2)15-13(3)14-10-7-6-8-11-14/h12-13H,4-11H2,1-3H3. The van der Waals surface area contributed by atoms with Crippen LogP contribution in [0, 0.1) is 0 Å². The van der Waals surface area contributed by atoms with Gasteiger partial charge >= 0.3 is 0 Å². The highest BCUT2D eigenvalue weighted by Gasteiger charge is 2.18. The van der Waals surface area contributed by atoms with Crippen LogP contribution in [-0.4, -0.2) is 30.3 Å². The number of unbranched alkanes of at least 4 members (excludes halogenated alkanes) is 1. The summed E-state index contributed by atoms with van der Waals surface area (Å²) in [5.41, 5.74) is 0. The third-order valence-electron chi connectivity index (χ3n) is 3.30. The van der Waals surface area contributed by atoms with Gasteiger partial charge in [0.15, 0.2) is 0 Å². The van der Waals surface area contributed by atoms with E-state index in [1.165, 1.54) is 51.6 Å². The Kier molecular flexibility index (Phi) is 6.26. The summed E-state index contributed by atoms with van der Waals surface area (Å²) in [5, 5.41) is 0. The van der Waals surface area contributed by atoms with Crippen molar-refractivity contribution in [3.05, 3.63) is 0 Å². The molecule has 90 valence electrons. The van der Waals surface area contributed by atoms with Crippen molar-refractivity contribution in [3.63, 3.8) is 0 Å². The summed E-state index contributed by atoms with van der Waals surface area (Å²) in [6.45, 7) is 9.09. The molecule has 0 aliphatic carbocycles. The zero-order valence-electron chi connectivity index (χ0n) is 10.7. The van der Waals surface area contributed by atoms with Crippen LogP contribution in [0.4, 0.5) is 0 Å². The zero-order chi connectivity index (χ0) is 11.1. The van der Waals surface area contributed by atoms with Gasteiger partial charge in [-0.05, 0) is 33.1 Å². The number of ether oxygens (including phenoxy) is 1. The van der Waals surface area contributed by atoms with E-state index in [0.717, 1.165) is 0 Å². The van der Waals surface area contributed by atoms with Gasteiger partial charge < -0.3 is 4.74 Å². The first-order valence-corrected chi connectivity index (χ1v) is 6.63. The first kappa shape index (κ1) is 13.0. The highest BCUT2D eigenvalue weighted by Crippen LogP contribution is 2.15. The van der Waals surface area contributed by atoms with Gasteiger partial charge in [-0.15, -0.1) is 0 Å². The molecule has 0 aromatic carbocycles. The van der Waals surface area contributed by atoms with Crippen molar-refractivity contribution in [2.45, 2.75) is 71.6 Å². The number of rotatable bonds is 6. The molecule has 1 aliphatic heterocycles. The second kappa shape index (κ2) is 7.24. The van der Waals surface area contributed by atoms with Gasteiger partial charge in [0.2, 0.25) is 0 Å². The molecule has 2 unspecified atom stereocenters. The Hall–Kier alpha value is -0.0800. The number of hydrogen-bond acceptors (Lipinski definition) is 2. The van der Waals surface area contributed by atoms with Gasteiger partial charge in [0.1, 0.15) is 6.23 Å². The molecule has 0 radical (unpaired) electrons. The van der Waals surface area contributed by atoms with Crippen LogP contribution in [0.5, 0.6) is 0 Å². The highest BCUT2D eigenvalue weighted by atomic mass is 16.5. The molecule has 0 aromatic rings. The summed E-state index contributed by atoms with van der Waals surface area (Å²) in [5.74, 6) is 0. The molecule has 0 aromatic heterocycles. The lowest BCUT2D eigenvalue weighted by Gasteiger charge is -2.33. The fourth-order valence-electron chi connectivity index (χ4n) is 2.26. The highest BCUT2D eigenvalue weighted by molar-refractivity contribution is 4.66. The summed E-state index contributed by atoms with van der Waals surface area (Å²) < 4.78 is 6.02. The molecule has 0 N–H and O–H groups in total. The average Bonchev–Trinajstić information content (AvgIpc) is 2.27. The molecule has 2 atom stereocenters. The van der Waals surface area contributed by atoms with Crippen molar-refractivity contribution in [1.82, 2.24) is 4.90 Å². The van der Waals surface area contributed by atoms with E-state index in [2.05, 4.69) is 25.7 Å². The van der Waals surface area contributed by atoms with Crippen molar-refractivity contribution in [2.24, 2.45) is 0 Å². The Morgan fingerprint density at radius 2 is 1.80 bits per heavy atom. The Balaban J connectivity index is 2.17. The van der Waals surface area contributed by atoms with Crippen molar-refractivity contribution in [2.75, 3.05) is 13.1 Å². The quantitative estimate of drug-likeness (QED) is 0.670. The normalized spacial score (nSPS) is 22.6. The maximum Gasteiger partial charge on any atom is 0.108 e. The van der Waals surface area contributed by atoms with E-state index in [-0.39, 0.29) is 0 Å². The van der Waals surface area contributed by atoms with Gasteiger partial charge in [0.05, 0.1) is 6.10 Å². The first-order valence-electron chi connectivity index (χ1n) is 6.63. The summed E-state index contributed by atoms with van der Waals surface area (Å²) in [6, 6.07) is 0. The Morgan fingerprint density at radius 1 is 1.13 bits per heavy atom. The molecular formula is C13H27NO. The Bertz CT molecular complexity index is 155. The first-order chi connectivity index (χ1) is 7.24. The average molecular weight is 213 g/mol. The number of likely N-dealkylation sites (tertiary alicyclic amines) is 1. The van der Waals surface area contributed by atoms with Crippen molar-refractivity contribution < 1.29 is 4.74 Å². The minimum absolute atomic E-state index is 0.317. The summed E-state index contributed by atoms with van der Waals surface area (Å²) >= 11 is 0. The third kappa shape index (κ3) is 4.98. The van der Waals surface area contributed by atoms with Gasteiger partial charge in [-0.25, -0.2) is 0 Å². The van der Waals surface area contributed by atoms with Crippen LogP contribution in [0.3, 0.4) is 0 Å². The van der Waals surface area contributed by atoms with Crippen molar-refractivity contribution in [1.29, 1.82) is 0 Å². The van der Waals surface area contributed by atoms with E-state index in [1.54, 1.807) is 0 Å². The van der Waals surface area contributed by atoms with Crippen molar-refractivity contribution >= 4 is 0 Å². The molecule has 1 fully saturated rings. The fraction of sp³-hybridized carbons (Fsp3) is 1.00. The predicted octanol–water partition coefficient (Wildman–Crippen LogP) is 3.41. The maximum absolute atomic E-state index is 6.02. The molecule has 15 heavy (non-hydrogen) atoms. The zero-order valence-corrected chi connectivity index (χ0v) is 10.7. The van der Waals surface area contributed by atoms with E-state index >= 15 is 0 Å². The Morgan fingerprint density at radius 3 is 2.40 bits per heavy atom. The minimum Gasteiger partial charge on any atom is -0.361 e. The topological polar surface area (TPSA) is 12.5 Å². The number of hydrogen-bond donors (Lipinski definition) is 0. The van der Waals surface area contributed by atoms with Crippen LogP contribution >= 0.6 is 0 Å². The molecule has 1 heterocycles. The second-order valence-corrected chi connectivity index (χ2v) is 4.78. The SMILES string of the molecule is CCCCC(C)OC(C)N1CCCCC1. The molecule has 0 bridgehead atoms. The van der Waals surface area contributed by atoms with E-state index < -0.39 is 0 Å². The van der Waals surface area contributed by atoms with Crippen LogP contribution in [0.2, 0.25) is 0 Å². The van der Waals surface area contributed by atoms with Gasteiger partial charge in [0, 0.05) is 13.1 Å². The molecule has 0 amide bonds. The summed E-state index contributed by atoms with van der Waals surface area (Å²) in [6.07, 6.45) is 8.58. The fourth-order valence-corrected chi connectivity index (χ4v) is 2.26. The minimum atomic E-state index is 0.317. The molecular weight excluding hydrogens is 186 g/mol.